The van der Waals surface area contributed by atoms with Gasteiger partial charge in [-0.25, -0.2) is 0 Å². The lowest BCUT2D eigenvalue weighted by molar-refractivity contribution is 0.108. The second-order valence-electron chi connectivity index (χ2n) is 3.76. The summed E-state index contributed by atoms with van der Waals surface area (Å²) in [7, 11) is 0. The number of aliphatic hydroxyl groups excluding tert-OH is 1. The summed E-state index contributed by atoms with van der Waals surface area (Å²) in [6, 6.07) is 5.81. The Hall–Kier alpha value is -1.06. The maximum atomic E-state index is 9.62. The van der Waals surface area contributed by atoms with Crippen LogP contribution in [-0.2, 0) is 4.74 Å². The van der Waals surface area contributed by atoms with Gasteiger partial charge in [-0.3, -0.25) is 0 Å². The van der Waals surface area contributed by atoms with E-state index < -0.39 is 6.10 Å². The predicted octanol–water partition coefficient (Wildman–Crippen LogP) is 2.46. The highest BCUT2D eigenvalue weighted by Gasteiger charge is 2.09. The quantitative estimate of drug-likeness (QED) is 0.754. The van der Waals surface area contributed by atoms with Gasteiger partial charge in [0, 0.05) is 12.2 Å². The molecule has 0 spiro atoms. The number of aryl methyl sites for hydroxylation is 1. The van der Waals surface area contributed by atoms with Gasteiger partial charge in [-0.15, -0.1) is 0 Å². The first-order chi connectivity index (χ1) is 7.65. The molecule has 3 nitrogen and oxygen atoms in total. The Morgan fingerprint density at radius 1 is 1.31 bits per heavy atom. The molecular formula is C13H20O3. The van der Waals surface area contributed by atoms with Crippen molar-refractivity contribution in [2.24, 2.45) is 0 Å². The molecule has 0 heterocycles. The van der Waals surface area contributed by atoms with E-state index in [-0.39, 0.29) is 0 Å². The molecule has 1 unspecified atom stereocenters. The van der Waals surface area contributed by atoms with Crippen molar-refractivity contribution < 1.29 is 14.6 Å². The fourth-order valence-electron chi connectivity index (χ4n) is 1.48. The lowest BCUT2D eigenvalue weighted by atomic mass is 10.1. The van der Waals surface area contributed by atoms with Gasteiger partial charge in [0.25, 0.3) is 0 Å². The molecule has 0 aliphatic carbocycles. The van der Waals surface area contributed by atoms with Gasteiger partial charge in [0.05, 0.1) is 12.7 Å². The smallest absolute Gasteiger partial charge is 0.125 e. The Bertz CT molecular complexity index is 321. The first-order valence-corrected chi connectivity index (χ1v) is 5.64. The van der Waals surface area contributed by atoms with Crippen LogP contribution in [0.5, 0.6) is 5.75 Å². The molecule has 0 aliphatic heterocycles. The fourth-order valence-corrected chi connectivity index (χ4v) is 1.48. The van der Waals surface area contributed by atoms with E-state index in [1.54, 1.807) is 6.92 Å². The molecule has 0 fully saturated rings. The Morgan fingerprint density at radius 3 is 2.69 bits per heavy atom. The van der Waals surface area contributed by atoms with Crippen LogP contribution in [0.3, 0.4) is 0 Å². The van der Waals surface area contributed by atoms with Gasteiger partial charge >= 0.3 is 0 Å². The summed E-state index contributed by atoms with van der Waals surface area (Å²) < 4.78 is 10.8. The molecule has 90 valence electrons. The summed E-state index contributed by atoms with van der Waals surface area (Å²) >= 11 is 0. The molecule has 16 heavy (non-hydrogen) atoms. The molecule has 0 bridgehead atoms. The van der Waals surface area contributed by atoms with Crippen molar-refractivity contribution in [3.63, 3.8) is 0 Å². The number of hydrogen-bond donors (Lipinski definition) is 1. The van der Waals surface area contributed by atoms with Crippen molar-refractivity contribution in [1.29, 1.82) is 0 Å². The van der Waals surface area contributed by atoms with E-state index in [0.717, 1.165) is 16.9 Å². The fraction of sp³-hybridized carbons (Fsp3) is 0.538. The Morgan fingerprint density at radius 2 is 2.06 bits per heavy atom. The SMILES string of the molecule is CCOCCOc1ccc(C)cc1C(C)O. The summed E-state index contributed by atoms with van der Waals surface area (Å²) in [5, 5.41) is 9.62. The standard InChI is InChI=1S/C13H20O3/c1-4-15-7-8-16-13-6-5-10(2)9-12(13)11(3)14/h5-6,9,11,14H,4,7-8H2,1-3H3. The molecule has 1 N–H and O–H groups in total. The Kier molecular flexibility index (Phi) is 5.29. The van der Waals surface area contributed by atoms with E-state index in [9.17, 15) is 5.11 Å². The summed E-state index contributed by atoms with van der Waals surface area (Å²) in [4.78, 5) is 0. The van der Waals surface area contributed by atoms with Gasteiger partial charge in [0.2, 0.25) is 0 Å². The minimum absolute atomic E-state index is 0.511. The minimum Gasteiger partial charge on any atom is -0.491 e. The van der Waals surface area contributed by atoms with E-state index in [2.05, 4.69) is 0 Å². The molecule has 0 saturated heterocycles. The monoisotopic (exact) mass is 224 g/mol. The van der Waals surface area contributed by atoms with E-state index in [4.69, 9.17) is 9.47 Å². The van der Waals surface area contributed by atoms with Crippen molar-refractivity contribution >= 4 is 0 Å². The Balaban J connectivity index is 2.64. The highest BCUT2D eigenvalue weighted by atomic mass is 16.5. The first-order valence-electron chi connectivity index (χ1n) is 5.64. The van der Waals surface area contributed by atoms with Crippen molar-refractivity contribution in [2.45, 2.75) is 26.9 Å². The average Bonchev–Trinajstić information content (AvgIpc) is 2.26. The largest absolute Gasteiger partial charge is 0.491 e. The molecule has 0 amide bonds. The number of hydrogen-bond acceptors (Lipinski definition) is 3. The van der Waals surface area contributed by atoms with Crippen molar-refractivity contribution in [1.82, 2.24) is 0 Å². The lowest BCUT2D eigenvalue weighted by Crippen LogP contribution is -2.08. The summed E-state index contributed by atoms with van der Waals surface area (Å²) in [5.74, 6) is 0.736. The van der Waals surface area contributed by atoms with Crippen LogP contribution in [0, 0.1) is 6.92 Å². The molecule has 1 aromatic rings. The van der Waals surface area contributed by atoms with Crippen molar-refractivity contribution in [3.8, 4) is 5.75 Å². The predicted molar refractivity (Wildman–Crippen MR) is 63.8 cm³/mol. The molecule has 1 rings (SSSR count). The van der Waals surface area contributed by atoms with E-state index in [0.29, 0.717) is 19.8 Å². The second-order valence-corrected chi connectivity index (χ2v) is 3.76. The zero-order chi connectivity index (χ0) is 12.0. The number of rotatable bonds is 6. The number of aliphatic hydroxyl groups is 1. The van der Waals surface area contributed by atoms with Crippen LogP contribution in [0.2, 0.25) is 0 Å². The van der Waals surface area contributed by atoms with Crippen LogP contribution in [0.1, 0.15) is 31.1 Å². The van der Waals surface area contributed by atoms with Crippen LogP contribution in [0.4, 0.5) is 0 Å². The average molecular weight is 224 g/mol. The number of ether oxygens (including phenoxy) is 2. The minimum atomic E-state index is -0.512. The maximum Gasteiger partial charge on any atom is 0.125 e. The third-order valence-electron chi connectivity index (χ3n) is 2.30. The van der Waals surface area contributed by atoms with Crippen molar-refractivity contribution in [3.05, 3.63) is 29.3 Å². The zero-order valence-electron chi connectivity index (χ0n) is 10.2. The lowest BCUT2D eigenvalue weighted by Gasteiger charge is -2.14. The zero-order valence-corrected chi connectivity index (χ0v) is 10.2. The van der Waals surface area contributed by atoms with E-state index in [1.165, 1.54) is 0 Å². The van der Waals surface area contributed by atoms with Crippen molar-refractivity contribution in [2.75, 3.05) is 19.8 Å². The normalized spacial score (nSPS) is 12.5. The first kappa shape index (κ1) is 13.0. The van der Waals surface area contributed by atoms with Crippen LogP contribution < -0.4 is 4.74 Å². The van der Waals surface area contributed by atoms with Gasteiger partial charge in [-0.2, -0.15) is 0 Å². The molecule has 1 atom stereocenters. The Labute approximate surface area is 97.0 Å². The van der Waals surface area contributed by atoms with Crippen LogP contribution in [0.25, 0.3) is 0 Å². The van der Waals surface area contributed by atoms with Crippen LogP contribution >= 0.6 is 0 Å². The number of benzene rings is 1. The third kappa shape index (κ3) is 3.83. The second kappa shape index (κ2) is 6.51. The molecule has 0 aliphatic rings. The highest BCUT2D eigenvalue weighted by molar-refractivity contribution is 5.38. The third-order valence-corrected chi connectivity index (χ3v) is 2.30. The van der Waals surface area contributed by atoms with Gasteiger partial charge in [-0.1, -0.05) is 11.6 Å². The molecular weight excluding hydrogens is 204 g/mol. The molecule has 3 heteroatoms. The topological polar surface area (TPSA) is 38.7 Å². The molecule has 0 saturated carbocycles. The summed E-state index contributed by atoms with van der Waals surface area (Å²) in [6.45, 7) is 7.47. The molecule has 0 radical (unpaired) electrons. The molecule has 1 aromatic carbocycles. The van der Waals surface area contributed by atoms with Gasteiger partial charge in [0.15, 0.2) is 0 Å². The highest BCUT2D eigenvalue weighted by Crippen LogP contribution is 2.26. The molecule has 0 aromatic heterocycles. The maximum absolute atomic E-state index is 9.62. The van der Waals surface area contributed by atoms with Gasteiger partial charge in [-0.05, 0) is 32.9 Å². The van der Waals surface area contributed by atoms with E-state index in [1.807, 2.05) is 32.0 Å². The van der Waals surface area contributed by atoms with Crippen LogP contribution in [-0.4, -0.2) is 24.9 Å². The van der Waals surface area contributed by atoms with Crippen LogP contribution in [0.15, 0.2) is 18.2 Å². The van der Waals surface area contributed by atoms with Gasteiger partial charge < -0.3 is 14.6 Å². The summed E-state index contributed by atoms with van der Waals surface area (Å²) in [6.07, 6.45) is -0.512. The van der Waals surface area contributed by atoms with Gasteiger partial charge in [0.1, 0.15) is 12.4 Å². The summed E-state index contributed by atoms with van der Waals surface area (Å²) in [5.41, 5.74) is 1.95. The van der Waals surface area contributed by atoms with E-state index >= 15 is 0 Å².